The normalized spacial score (nSPS) is 21.8. The number of piperidine rings is 1. The van der Waals surface area contributed by atoms with E-state index < -0.39 is 0 Å². The lowest BCUT2D eigenvalue weighted by Crippen LogP contribution is -2.37. The first kappa shape index (κ1) is 17.0. The molecule has 134 valence electrons. The number of hydrogen-bond acceptors (Lipinski definition) is 4. The lowest BCUT2D eigenvalue weighted by atomic mass is 10.0. The highest BCUT2D eigenvalue weighted by Crippen LogP contribution is 2.33. The molecule has 2 aliphatic rings. The monoisotopic (exact) mass is 357 g/mol. The summed E-state index contributed by atoms with van der Waals surface area (Å²) in [5.41, 5.74) is 3.57. The lowest BCUT2D eigenvalue weighted by Gasteiger charge is -2.35. The molecule has 2 aliphatic heterocycles. The third kappa shape index (κ3) is 3.58. The van der Waals surface area contributed by atoms with Crippen molar-refractivity contribution >= 4 is 11.8 Å². The van der Waals surface area contributed by atoms with Crippen LogP contribution in [0.1, 0.15) is 43.6 Å². The minimum atomic E-state index is 0.419. The fourth-order valence-electron chi connectivity index (χ4n) is 3.91. The average molecular weight is 358 g/mol. The molecule has 0 bridgehead atoms. The van der Waals surface area contributed by atoms with Gasteiger partial charge in [-0.15, -0.1) is 0 Å². The Morgan fingerprint density at radius 2 is 2.32 bits per heavy atom. The molecule has 25 heavy (non-hydrogen) atoms. The zero-order valence-corrected chi connectivity index (χ0v) is 15.9. The second-order valence-electron chi connectivity index (χ2n) is 7.16. The van der Waals surface area contributed by atoms with Gasteiger partial charge in [-0.3, -0.25) is 4.90 Å². The summed E-state index contributed by atoms with van der Waals surface area (Å²) in [5.74, 6) is 2.14. The molecule has 1 saturated heterocycles. The Labute approximate surface area is 154 Å². The number of likely N-dealkylation sites (tertiary alicyclic amines) is 1. The molecule has 1 aromatic heterocycles. The topological polar surface area (TPSA) is 41.2 Å². The summed E-state index contributed by atoms with van der Waals surface area (Å²) in [4.78, 5) is 11.0. The molecule has 2 aromatic rings. The molecule has 2 atom stereocenters. The van der Waals surface area contributed by atoms with Crippen molar-refractivity contribution in [1.29, 1.82) is 0 Å². The molecule has 0 spiro atoms. The number of nitrogens with one attached hydrogen (secondary N) is 1. The van der Waals surface area contributed by atoms with E-state index in [9.17, 15) is 0 Å². The van der Waals surface area contributed by atoms with Crippen LogP contribution >= 0.6 is 11.8 Å². The standard InChI is InChI=1S/C20H27N3OS/c1-14(25-2)13-23-9-4-3-5-18(23)20-21-12-17(22-20)16-7-6-15-8-10-24-19(15)11-16/h6-7,11-12,14,18H,3-5,8-10,13H2,1-2H3,(H,21,22). The Hall–Kier alpha value is -1.46. The van der Waals surface area contributed by atoms with Crippen molar-refractivity contribution in [2.75, 3.05) is 26.0 Å². The second-order valence-corrected chi connectivity index (χ2v) is 8.43. The van der Waals surface area contributed by atoms with Crippen LogP contribution in [0.15, 0.2) is 24.4 Å². The summed E-state index contributed by atoms with van der Waals surface area (Å²) in [5, 5.41) is 0.656. The number of rotatable bonds is 5. The van der Waals surface area contributed by atoms with Gasteiger partial charge < -0.3 is 9.72 Å². The van der Waals surface area contributed by atoms with E-state index >= 15 is 0 Å². The van der Waals surface area contributed by atoms with Crippen LogP contribution in [0.5, 0.6) is 5.75 Å². The number of fused-ring (bicyclic) bond motifs is 1. The van der Waals surface area contributed by atoms with Crippen LogP contribution in [0.4, 0.5) is 0 Å². The third-order valence-electron chi connectivity index (χ3n) is 5.43. The maximum atomic E-state index is 5.71. The molecule has 5 heteroatoms. The highest BCUT2D eigenvalue weighted by molar-refractivity contribution is 7.99. The van der Waals surface area contributed by atoms with Gasteiger partial charge in [-0.2, -0.15) is 11.8 Å². The van der Waals surface area contributed by atoms with Gasteiger partial charge >= 0.3 is 0 Å². The first-order chi connectivity index (χ1) is 12.2. The zero-order valence-electron chi connectivity index (χ0n) is 15.1. The van der Waals surface area contributed by atoms with E-state index in [0.29, 0.717) is 11.3 Å². The molecular formula is C20H27N3OS. The molecule has 0 saturated carbocycles. The van der Waals surface area contributed by atoms with E-state index in [4.69, 9.17) is 9.72 Å². The number of thioether (sulfide) groups is 1. The van der Waals surface area contributed by atoms with Gasteiger partial charge in [-0.25, -0.2) is 4.98 Å². The van der Waals surface area contributed by atoms with Crippen molar-refractivity contribution in [3.8, 4) is 17.0 Å². The lowest BCUT2D eigenvalue weighted by molar-refractivity contribution is 0.145. The number of ether oxygens (including phenoxy) is 1. The maximum absolute atomic E-state index is 5.71. The van der Waals surface area contributed by atoms with E-state index in [0.717, 1.165) is 36.8 Å². The van der Waals surface area contributed by atoms with Crippen LogP contribution in [-0.2, 0) is 6.42 Å². The van der Waals surface area contributed by atoms with Gasteiger partial charge in [0.15, 0.2) is 0 Å². The van der Waals surface area contributed by atoms with Crippen molar-refractivity contribution in [3.05, 3.63) is 35.8 Å². The second kappa shape index (κ2) is 7.42. The van der Waals surface area contributed by atoms with Gasteiger partial charge in [0.2, 0.25) is 0 Å². The van der Waals surface area contributed by atoms with Crippen LogP contribution in [0.2, 0.25) is 0 Å². The van der Waals surface area contributed by atoms with E-state index in [2.05, 4.69) is 41.3 Å². The SMILES string of the molecule is CSC(C)CN1CCCCC1c1ncc(-c2ccc3c(c2)OCC3)[nH]1. The maximum Gasteiger partial charge on any atom is 0.123 e. The summed E-state index contributed by atoms with van der Waals surface area (Å²) >= 11 is 1.94. The summed E-state index contributed by atoms with van der Waals surface area (Å²) in [7, 11) is 0. The quantitative estimate of drug-likeness (QED) is 0.867. The molecule has 4 rings (SSSR count). The largest absolute Gasteiger partial charge is 0.493 e. The fourth-order valence-corrected chi connectivity index (χ4v) is 4.25. The Bertz CT molecular complexity index is 729. The Balaban J connectivity index is 1.55. The van der Waals surface area contributed by atoms with Gasteiger partial charge in [-0.05, 0) is 37.3 Å². The zero-order chi connectivity index (χ0) is 17.2. The number of aromatic nitrogens is 2. The Kier molecular flexibility index (Phi) is 5.04. The first-order valence-corrected chi connectivity index (χ1v) is 10.6. The molecule has 0 amide bonds. The van der Waals surface area contributed by atoms with Gasteiger partial charge in [0.1, 0.15) is 11.6 Å². The smallest absolute Gasteiger partial charge is 0.123 e. The van der Waals surface area contributed by atoms with Gasteiger partial charge in [-0.1, -0.05) is 25.5 Å². The summed E-state index contributed by atoms with van der Waals surface area (Å²) < 4.78 is 5.71. The summed E-state index contributed by atoms with van der Waals surface area (Å²) in [6.45, 7) is 5.43. The van der Waals surface area contributed by atoms with E-state index in [1.54, 1.807) is 0 Å². The molecular weight excluding hydrogens is 330 g/mol. The van der Waals surface area contributed by atoms with E-state index in [-0.39, 0.29) is 0 Å². The van der Waals surface area contributed by atoms with Gasteiger partial charge in [0.05, 0.1) is 24.5 Å². The number of H-pyrrole nitrogens is 1. The highest BCUT2D eigenvalue weighted by atomic mass is 32.2. The molecule has 0 radical (unpaired) electrons. The highest BCUT2D eigenvalue weighted by Gasteiger charge is 2.27. The third-order valence-corrected chi connectivity index (χ3v) is 6.38. The van der Waals surface area contributed by atoms with Crippen LogP contribution in [0, 0.1) is 0 Å². The van der Waals surface area contributed by atoms with Crippen molar-refractivity contribution in [3.63, 3.8) is 0 Å². The number of aromatic amines is 1. The first-order valence-electron chi connectivity index (χ1n) is 9.32. The molecule has 4 nitrogen and oxygen atoms in total. The minimum absolute atomic E-state index is 0.419. The summed E-state index contributed by atoms with van der Waals surface area (Å²) in [6.07, 6.45) is 8.99. The van der Waals surface area contributed by atoms with Crippen LogP contribution in [0.3, 0.4) is 0 Å². The summed E-state index contributed by atoms with van der Waals surface area (Å²) in [6, 6.07) is 6.93. The molecule has 0 aliphatic carbocycles. The average Bonchev–Trinajstić information content (AvgIpc) is 3.30. The number of benzene rings is 1. The van der Waals surface area contributed by atoms with Crippen molar-refractivity contribution in [2.45, 2.75) is 43.9 Å². The van der Waals surface area contributed by atoms with Gasteiger partial charge in [0.25, 0.3) is 0 Å². The number of hydrogen-bond donors (Lipinski definition) is 1. The van der Waals surface area contributed by atoms with Crippen LogP contribution in [0.25, 0.3) is 11.3 Å². The Morgan fingerprint density at radius 3 is 3.20 bits per heavy atom. The molecule has 2 unspecified atom stereocenters. The predicted octanol–water partition coefficient (Wildman–Crippen LogP) is 4.29. The molecule has 1 aromatic carbocycles. The molecule has 1 fully saturated rings. The van der Waals surface area contributed by atoms with Crippen LogP contribution in [-0.4, -0.2) is 46.1 Å². The number of imidazole rings is 1. The van der Waals surface area contributed by atoms with Crippen molar-refractivity contribution in [2.24, 2.45) is 0 Å². The number of nitrogens with zero attached hydrogens (tertiary/aromatic N) is 2. The van der Waals surface area contributed by atoms with Crippen molar-refractivity contribution < 1.29 is 4.74 Å². The fraction of sp³-hybridized carbons (Fsp3) is 0.550. The molecule has 3 heterocycles. The Morgan fingerprint density at radius 1 is 1.40 bits per heavy atom. The van der Waals surface area contributed by atoms with E-state index in [1.165, 1.54) is 36.9 Å². The van der Waals surface area contributed by atoms with Gasteiger partial charge in [0, 0.05) is 23.8 Å². The predicted molar refractivity (Wildman–Crippen MR) is 104 cm³/mol. The van der Waals surface area contributed by atoms with E-state index in [1.807, 2.05) is 18.0 Å². The van der Waals surface area contributed by atoms with Crippen molar-refractivity contribution in [1.82, 2.24) is 14.9 Å². The molecule has 1 N–H and O–H groups in total. The van der Waals surface area contributed by atoms with Crippen LogP contribution < -0.4 is 4.74 Å². The minimum Gasteiger partial charge on any atom is -0.493 e.